The number of methoxy groups -OCH3 is 1. The van der Waals surface area contributed by atoms with E-state index in [-0.39, 0.29) is 0 Å². The van der Waals surface area contributed by atoms with Crippen LogP contribution in [0.2, 0.25) is 0 Å². The van der Waals surface area contributed by atoms with Gasteiger partial charge in [0.05, 0.1) is 28.3 Å². The van der Waals surface area contributed by atoms with Gasteiger partial charge in [-0.15, -0.1) is 11.3 Å². The summed E-state index contributed by atoms with van der Waals surface area (Å²) in [6.07, 6.45) is 0.727. The lowest BCUT2D eigenvalue weighted by Crippen LogP contribution is -2.16. The molecule has 1 N–H and O–H groups in total. The number of rotatable bonds is 5. The molecule has 1 aromatic heterocycles. The molecule has 0 atom stereocenters. The molecular weight excluding hydrogens is 282 g/mol. The molecule has 2 aromatic rings. The fourth-order valence-corrected chi connectivity index (χ4v) is 3.54. The molecule has 0 aliphatic carbocycles. The van der Waals surface area contributed by atoms with Gasteiger partial charge in [-0.2, -0.15) is 0 Å². The Morgan fingerprint density at radius 2 is 1.95 bits per heavy atom. The lowest BCUT2D eigenvalue weighted by Gasteiger charge is -2.17. The average Bonchev–Trinajstić information content (AvgIpc) is 2.83. The molecule has 1 aromatic carbocycles. The van der Waals surface area contributed by atoms with E-state index in [1.807, 2.05) is 32.0 Å². The average molecular weight is 305 g/mol. The monoisotopic (exact) mass is 305 g/mol. The maximum atomic E-state index is 10.3. The van der Waals surface area contributed by atoms with Crippen molar-refractivity contribution in [3.05, 3.63) is 45.4 Å². The highest BCUT2D eigenvalue weighted by atomic mass is 32.1. The Hall–Kier alpha value is -1.39. The quantitative estimate of drug-likeness (QED) is 0.904. The van der Waals surface area contributed by atoms with E-state index in [9.17, 15) is 5.11 Å². The predicted octanol–water partition coefficient (Wildman–Crippen LogP) is 4.09. The number of thiazole rings is 1. The molecule has 0 spiro atoms. The first-order valence-corrected chi connectivity index (χ1v) is 7.99. The van der Waals surface area contributed by atoms with Gasteiger partial charge in [0.15, 0.2) is 0 Å². The Bertz CT molecular complexity index is 611. The van der Waals surface area contributed by atoms with Gasteiger partial charge in [-0.25, -0.2) is 4.98 Å². The van der Waals surface area contributed by atoms with Crippen molar-refractivity contribution in [3.63, 3.8) is 0 Å². The molecule has 0 aliphatic rings. The minimum atomic E-state index is -0.851. The van der Waals surface area contributed by atoms with E-state index in [2.05, 4.69) is 19.9 Å². The molecule has 0 saturated heterocycles. The molecule has 4 heteroatoms. The Balaban J connectivity index is 2.37. The molecule has 1 heterocycles. The Morgan fingerprint density at radius 1 is 1.29 bits per heavy atom. The molecule has 21 heavy (non-hydrogen) atoms. The standard InChI is InChI=1S/C17H23NO2S/c1-11(2)15-16(17(3,4)19)21-14(18-15)10-12-8-6-7-9-13(12)20-5/h6-9,11,19H,10H2,1-5H3. The molecule has 2 rings (SSSR count). The van der Waals surface area contributed by atoms with Crippen LogP contribution in [0.5, 0.6) is 5.75 Å². The van der Waals surface area contributed by atoms with E-state index in [1.165, 1.54) is 0 Å². The molecule has 0 amide bonds. The van der Waals surface area contributed by atoms with Gasteiger partial charge in [0.25, 0.3) is 0 Å². The Labute approximate surface area is 130 Å². The predicted molar refractivity (Wildman–Crippen MR) is 87.2 cm³/mol. The maximum Gasteiger partial charge on any atom is 0.122 e. The van der Waals surface area contributed by atoms with Crippen molar-refractivity contribution < 1.29 is 9.84 Å². The molecule has 114 valence electrons. The van der Waals surface area contributed by atoms with Gasteiger partial charge < -0.3 is 9.84 Å². The topological polar surface area (TPSA) is 42.4 Å². The molecule has 0 unspecified atom stereocenters. The smallest absolute Gasteiger partial charge is 0.122 e. The number of benzene rings is 1. The van der Waals surface area contributed by atoms with Gasteiger partial charge >= 0.3 is 0 Å². The van der Waals surface area contributed by atoms with Crippen LogP contribution in [0.15, 0.2) is 24.3 Å². The summed E-state index contributed by atoms with van der Waals surface area (Å²) in [5, 5.41) is 11.4. The number of ether oxygens (including phenoxy) is 1. The number of aromatic nitrogens is 1. The summed E-state index contributed by atoms with van der Waals surface area (Å²) in [4.78, 5) is 5.71. The van der Waals surface area contributed by atoms with E-state index in [1.54, 1.807) is 18.4 Å². The normalized spacial score (nSPS) is 12.0. The Morgan fingerprint density at radius 3 is 2.48 bits per heavy atom. The van der Waals surface area contributed by atoms with Gasteiger partial charge in [-0.3, -0.25) is 0 Å². The number of nitrogens with zero attached hydrogens (tertiary/aromatic N) is 1. The van der Waals surface area contributed by atoms with Gasteiger partial charge in [-0.05, 0) is 25.8 Å². The van der Waals surface area contributed by atoms with Crippen molar-refractivity contribution in [2.75, 3.05) is 7.11 Å². The molecule has 0 radical (unpaired) electrons. The van der Waals surface area contributed by atoms with E-state index >= 15 is 0 Å². The van der Waals surface area contributed by atoms with Crippen LogP contribution in [0.4, 0.5) is 0 Å². The van der Waals surface area contributed by atoms with Crippen molar-refractivity contribution in [1.82, 2.24) is 4.98 Å². The molecule has 0 fully saturated rings. The molecule has 0 saturated carbocycles. The molecule has 0 aliphatic heterocycles. The van der Waals surface area contributed by atoms with Crippen LogP contribution in [0, 0.1) is 0 Å². The largest absolute Gasteiger partial charge is 0.496 e. The van der Waals surface area contributed by atoms with Crippen LogP contribution in [0.3, 0.4) is 0 Å². The van der Waals surface area contributed by atoms with Crippen LogP contribution in [0.25, 0.3) is 0 Å². The van der Waals surface area contributed by atoms with E-state index in [0.29, 0.717) is 5.92 Å². The zero-order chi connectivity index (χ0) is 15.6. The number of hydrogen-bond acceptors (Lipinski definition) is 4. The molecule has 3 nitrogen and oxygen atoms in total. The minimum absolute atomic E-state index is 0.300. The first-order chi connectivity index (χ1) is 9.82. The van der Waals surface area contributed by atoms with Crippen molar-refractivity contribution in [1.29, 1.82) is 0 Å². The molecular formula is C17H23NO2S. The van der Waals surface area contributed by atoms with Crippen LogP contribution < -0.4 is 4.74 Å². The number of hydrogen-bond donors (Lipinski definition) is 1. The van der Waals surface area contributed by atoms with Gasteiger partial charge in [-0.1, -0.05) is 32.0 Å². The van der Waals surface area contributed by atoms with Crippen LogP contribution in [-0.2, 0) is 12.0 Å². The van der Waals surface area contributed by atoms with Gasteiger partial charge in [0.1, 0.15) is 5.75 Å². The number of aliphatic hydroxyl groups is 1. The first-order valence-electron chi connectivity index (χ1n) is 7.17. The van der Waals surface area contributed by atoms with Gasteiger partial charge in [0, 0.05) is 12.0 Å². The fourth-order valence-electron chi connectivity index (χ4n) is 2.30. The zero-order valence-corrected chi connectivity index (χ0v) is 14.1. The minimum Gasteiger partial charge on any atom is -0.496 e. The van der Waals surface area contributed by atoms with E-state index in [4.69, 9.17) is 9.72 Å². The Kier molecular flexibility index (Phi) is 4.69. The van der Waals surface area contributed by atoms with Crippen molar-refractivity contribution in [2.24, 2.45) is 0 Å². The summed E-state index contributed by atoms with van der Waals surface area (Å²) >= 11 is 1.59. The second-order valence-electron chi connectivity index (χ2n) is 6.02. The van der Waals surface area contributed by atoms with Crippen molar-refractivity contribution >= 4 is 11.3 Å². The summed E-state index contributed by atoms with van der Waals surface area (Å²) in [6.45, 7) is 7.85. The summed E-state index contributed by atoms with van der Waals surface area (Å²) in [6, 6.07) is 7.99. The summed E-state index contributed by atoms with van der Waals surface area (Å²) in [5.41, 5.74) is 1.26. The highest BCUT2D eigenvalue weighted by molar-refractivity contribution is 7.11. The van der Waals surface area contributed by atoms with Crippen molar-refractivity contribution in [3.8, 4) is 5.75 Å². The third-order valence-electron chi connectivity index (χ3n) is 3.33. The van der Waals surface area contributed by atoms with Gasteiger partial charge in [0.2, 0.25) is 0 Å². The van der Waals surface area contributed by atoms with Crippen LogP contribution >= 0.6 is 11.3 Å². The lowest BCUT2D eigenvalue weighted by molar-refractivity contribution is 0.0811. The third-order valence-corrected chi connectivity index (χ3v) is 4.72. The third kappa shape index (κ3) is 3.63. The highest BCUT2D eigenvalue weighted by Crippen LogP contribution is 2.35. The maximum absolute atomic E-state index is 10.3. The van der Waals surface area contributed by atoms with E-state index < -0.39 is 5.60 Å². The molecule has 0 bridgehead atoms. The van der Waals surface area contributed by atoms with Crippen LogP contribution in [0.1, 0.15) is 54.8 Å². The second-order valence-corrected chi connectivity index (χ2v) is 7.11. The SMILES string of the molecule is COc1ccccc1Cc1nc(C(C)C)c(C(C)(C)O)s1. The fraction of sp³-hybridized carbons (Fsp3) is 0.471. The first kappa shape index (κ1) is 16.0. The lowest BCUT2D eigenvalue weighted by atomic mass is 10.0. The number of para-hydroxylation sites is 1. The zero-order valence-electron chi connectivity index (χ0n) is 13.3. The van der Waals surface area contributed by atoms with E-state index in [0.717, 1.165) is 33.3 Å². The summed E-state index contributed by atoms with van der Waals surface area (Å²) < 4.78 is 5.40. The summed E-state index contributed by atoms with van der Waals surface area (Å²) in [5.74, 6) is 1.18. The highest BCUT2D eigenvalue weighted by Gasteiger charge is 2.26. The summed E-state index contributed by atoms with van der Waals surface area (Å²) in [7, 11) is 1.68. The van der Waals surface area contributed by atoms with Crippen LogP contribution in [-0.4, -0.2) is 17.2 Å². The van der Waals surface area contributed by atoms with Crippen molar-refractivity contribution in [2.45, 2.75) is 45.6 Å². The second kappa shape index (κ2) is 6.16.